The first kappa shape index (κ1) is 10.4. The van der Waals surface area contributed by atoms with E-state index in [0.29, 0.717) is 18.8 Å². The molecule has 74 valence electrons. The fourth-order valence-corrected chi connectivity index (χ4v) is 1.96. The standard InChI is InChI=1S/C11H18O2/c1-2-10(12)11(13)8-9-6-4-3-5-7-9/h9H,2-8H2,1H3. The van der Waals surface area contributed by atoms with Crippen molar-refractivity contribution < 1.29 is 9.59 Å². The molecule has 13 heavy (non-hydrogen) atoms. The molecule has 0 aromatic rings. The molecular formula is C11H18O2. The Labute approximate surface area is 79.7 Å². The largest absolute Gasteiger partial charge is 0.291 e. The van der Waals surface area contributed by atoms with E-state index in [4.69, 9.17) is 0 Å². The third-order valence-electron chi connectivity index (χ3n) is 2.83. The molecule has 1 saturated carbocycles. The first-order valence-electron chi connectivity index (χ1n) is 5.30. The van der Waals surface area contributed by atoms with Crippen LogP contribution in [0.15, 0.2) is 0 Å². The van der Waals surface area contributed by atoms with Gasteiger partial charge in [-0.25, -0.2) is 0 Å². The monoisotopic (exact) mass is 182 g/mol. The summed E-state index contributed by atoms with van der Waals surface area (Å²) in [6, 6.07) is 0. The molecule has 0 bridgehead atoms. The highest BCUT2D eigenvalue weighted by Crippen LogP contribution is 2.26. The van der Waals surface area contributed by atoms with Crippen LogP contribution in [0.3, 0.4) is 0 Å². The molecule has 0 saturated heterocycles. The zero-order valence-electron chi connectivity index (χ0n) is 8.34. The summed E-state index contributed by atoms with van der Waals surface area (Å²) in [5, 5.41) is 0. The molecule has 2 nitrogen and oxygen atoms in total. The zero-order valence-corrected chi connectivity index (χ0v) is 8.34. The summed E-state index contributed by atoms with van der Waals surface area (Å²) in [6.07, 6.45) is 6.92. The van der Waals surface area contributed by atoms with E-state index in [1.54, 1.807) is 6.92 Å². The Morgan fingerprint density at radius 2 is 1.69 bits per heavy atom. The number of hydrogen-bond acceptors (Lipinski definition) is 2. The summed E-state index contributed by atoms with van der Waals surface area (Å²) >= 11 is 0. The second kappa shape index (κ2) is 5.15. The van der Waals surface area contributed by atoms with E-state index < -0.39 is 0 Å². The van der Waals surface area contributed by atoms with E-state index in [2.05, 4.69) is 0 Å². The van der Waals surface area contributed by atoms with Crippen LogP contribution in [0.25, 0.3) is 0 Å². The molecule has 1 aliphatic carbocycles. The molecule has 0 aromatic heterocycles. The van der Waals surface area contributed by atoms with Crippen LogP contribution in [0, 0.1) is 5.92 Å². The Kier molecular flexibility index (Phi) is 4.13. The van der Waals surface area contributed by atoms with Crippen molar-refractivity contribution in [3.63, 3.8) is 0 Å². The maximum Gasteiger partial charge on any atom is 0.198 e. The van der Waals surface area contributed by atoms with Crippen molar-refractivity contribution in [1.82, 2.24) is 0 Å². The number of Topliss-reactive ketones (excluding diaryl/α,β-unsaturated/α-hetero) is 2. The average molecular weight is 182 g/mol. The van der Waals surface area contributed by atoms with Gasteiger partial charge in [0.15, 0.2) is 11.6 Å². The Hall–Kier alpha value is -0.660. The van der Waals surface area contributed by atoms with E-state index in [1.807, 2.05) is 0 Å². The summed E-state index contributed by atoms with van der Waals surface area (Å²) in [5.41, 5.74) is 0. The molecular weight excluding hydrogens is 164 g/mol. The first-order chi connectivity index (χ1) is 6.24. The molecule has 0 heterocycles. The number of carbonyl (C=O) groups is 2. The highest BCUT2D eigenvalue weighted by molar-refractivity contribution is 6.37. The average Bonchev–Trinajstić information content (AvgIpc) is 2.18. The number of hydrogen-bond donors (Lipinski definition) is 0. The minimum Gasteiger partial charge on any atom is -0.291 e. The minimum atomic E-state index is -0.189. The molecule has 0 amide bonds. The van der Waals surface area contributed by atoms with E-state index in [0.717, 1.165) is 12.8 Å². The zero-order chi connectivity index (χ0) is 9.68. The molecule has 0 aliphatic heterocycles. The van der Waals surface area contributed by atoms with Crippen molar-refractivity contribution >= 4 is 11.6 Å². The van der Waals surface area contributed by atoms with E-state index in [9.17, 15) is 9.59 Å². The SMILES string of the molecule is CCC(=O)C(=O)CC1CCCCC1. The molecule has 0 atom stereocenters. The fourth-order valence-electron chi connectivity index (χ4n) is 1.96. The van der Waals surface area contributed by atoms with Crippen LogP contribution < -0.4 is 0 Å². The molecule has 1 rings (SSSR count). The lowest BCUT2D eigenvalue weighted by Crippen LogP contribution is -2.18. The van der Waals surface area contributed by atoms with Gasteiger partial charge in [-0.05, 0) is 5.92 Å². The van der Waals surface area contributed by atoms with Gasteiger partial charge in [-0.2, -0.15) is 0 Å². The van der Waals surface area contributed by atoms with Gasteiger partial charge >= 0.3 is 0 Å². The van der Waals surface area contributed by atoms with Gasteiger partial charge in [0.2, 0.25) is 0 Å². The fraction of sp³-hybridized carbons (Fsp3) is 0.818. The quantitative estimate of drug-likeness (QED) is 0.626. The van der Waals surface area contributed by atoms with Gasteiger partial charge in [-0.3, -0.25) is 9.59 Å². The van der Waals surface area contributed by atoms with Gasteiger partial charge < -0.3 is 0 Å². The molecule has 2 heteroatoms. The topological polar surface area (TPSA) is 34.1 Å². The normalized spacial score (nSPS) is 18.5. The van der Waals surface area contributed by atoms with Gasteiger partial charge in [0.25, 0.3) is 0 Å². The van der Waals surface area contributed by atoms with Gasteiger partial charge in [-0.15, -0.1) is 0 Å². The van der Waals surface area contributed by atoms with E-state index in [-0.39, 0.29) is 11.6 Å². The lowest BCUT2D eigenvalue weighted by Gasteiger charge is -2.20. The molecule has 0 radical (unpaired) electrons. The maximum absolute atomic E-state index is 11.3. The minimum absolute atomic E-state index is 0.144. The molecule has 0 N–H and O–H groups in total. The van der Waals surface area contributed by atoms with Crippen LogP contribution >= 0.6 is 0 Å². The predicted molar refractivity (Wildman–Crippen MR) is 51.5 cm³/mol. The number of carbonyl (C=O) groups excluding carboxylic acids is 2. The van der Waals surface area contributed by atoms with Gasteiger partial charge in [0.05, 0.1) is 0 Å². The molecule has 0 unspecified atom stereocenters. The van der Waals surface area contributed by atoms with Crippen LogP contribution in [0.5, 0.6) is 0 Å². The third kappa shape index (κ3) is 3.29. The molecule has 1 fully saturated rings. The van der Waals surface area contributed by atoms with Gasteiger partial charge in [0, 0.05) is 12.8 Å². The van der Waals surface area contributed by atoms with E-state index >= 15 is 0 Å². The molecule has 0 aromatic carbocycles. The Morgan fingerprint density at radius 3 is 2.23 bits per heavy atom. The van der Waals surface area contributed by atoms with Crippen LogP contribution in [-0.4, -0.2) is 11.6 Å². The van der Waals surface area contributed by atoms with Gasteiger partial charge in [0.1, 0.15) is 0 Å². The first-order valence-corrected chi connectivity index (χ1v) is 5.30. The summed E-state index contributed by atoms with van der Waals surface area (Å²) in [5.74, 6) is 0.164. The predicted octanol–water partition coefficient (Wildman–Crippen LogP) is 2.51. The van der Waals surface area contributed by atoms with Crippen molar-refractivity contribution in [1.29, 1.82) is 0 Å². The summed E-state index contributed by atoms with van der Waals surface area (Å²) in [4.78, 5) is 22.3. The Bertz CT molecular complexity index is 190. The van der Waals surface area contributed by atoms with Crippen LogP contribution in [0.2, 0.25) is 0 Å². The van der Waals surface area contributed by atoms with Crippen LogP contribution in [-0.2, 0) is 9.59 Å². The summed E-state index contributed by atoms with van der Waals surface area (Å²) in [6.45, 7) is 1.75. The summed E-state index contributed by atoms with van der Waals surface area (Å²) < 4.78 is 0. The van der Waals surface area contributed by atoms with Crippen molar-refractivity contribution in [2.75, 3.05) is 0 Å². The second-order valence-corrected chi connectivity index (χ2v) is 3.91. The van der Waals surface area contributed by atoms with E-state index in [1.165, 1.54) is 19.3 Å². The second-order valence-electron chi connectivity index (χ2n) is 3.91. The Balaban J connectivity index is 2.30. The van der Waals surface area contributed by atoms with Crippen molar-refractivity contribution in [3.8, 4) is 0 Å². The number of rotatable bonds is 4. The Morgan fingerprint density at radius 1 is 1.08 bits per heavy atom. The van der Waals surface area contributed by atoms with Crippen LogP contribution in [0.4, 0.5) is 0 Å². The maximum atomic E-state index is 11.3. The van der Waals surface area contributed by atoms with Crippen molar-refractivity contribution in [2.24, 2.45) is 5.92 Å². The molecule has 1 aliphatic rings. The summed E-state index contributed by atoms with van der Waals surface area (Å²) in [7, 11) is 0. The van der Waals surface area contributed by atoms with Gasteiger partial charge in [-0.1, -0.05) is 39.0 Å². The highest BCUT2D eigenvalue weighted by atomic mass is 16.2. The molecule has 0 spiro atoms. The third-order valence-corrected chi connectivity index (χ3v) is 2.83. The smallest absolute Gasteiger partial charge is 0.198 e. The lowest BCUT2D eigenvalue weighted by atomic mass is 9.85. The van der Waals surface area contributed by atoms with Crippen LogP contribution in [0.1, 0.15) is 51.9 Å². The van der Waals surface area contributed by atoms with Crippen molar-refractivity contribution in [3.05, 3.63) is 0 Å². The van der Waals surface area contributed by atoms with Crippen molar-refractivity contribution in [2.45, 2.75) is 51.9 Å². The lowest BCUT2D eigenvalue weighted by molar-refractivity contribution is -0.137. The highest BCUT2D eigenvalue weighted by Gasteiger charge is 2.20. The number of ketones is 2.